The van der Waals surface area contributed by atoms with Crippen molar-refractivity contribution in [3.05, 3.63) is 59.2 Å². The molecular weight excluding hydrogens is 448 g/mol. The number of amides is 2. The zero-order chi connectivity index (χ0) is 23.7. The number of hydrogen-bond acceptors (Lipinski definition) is 4. The number of benzene rings is 2. The van der Waals surface area contributed by atoms with Gasteiger partial charge in [0.25, 0.3) is 11.8 Å². The molecule has 170 valence electrons. The van der Waals surface area contributed by atoms with Crippen molar-refractivity contribution in [1.29, 1.82) is 0 Å². The van der Waals surface area contributed by atoms with Gasteiger partial charge in [0.2, 0.25) is 0 Å². The molecule has 0 aromatic heterocycles. The van der Waals surface area contributed by atoms with Crippen LogP contribution < -0.4 is 21.6 Å². The predicted octanol–water partition coefficient (Wildman–Crippen LogP) is 3.43. The largest absolute Gasteiger partial charge is 0.351 e. The first-order valence-corrected chi connectivity index (χ1v) is 13.1. The first kappa shape index (κ1) is 26.3. The van der Waals surface area contributed by atoms with Crippen molar-refractivity contribution in [3.63, 3.8) is 0 Å². The molecule has 0 heterocycles. The molecule has 0 unspecified atom stereocenters. The maximum absolute atomic E-state index is 13.9. The Balaban J connectivity index is 1.66. The molecule has 0 spiro atoms. The summed E-state index contributed by atoms with van der Waals surface area (Å²) >= 11 is 0. The normalized spacial score (nSPS) is 10.6. The van der Waals surface area contributed by atoms with E-state index in [9.17, 15) is 18.4 Å². The number of halogens is 2. The van der Waals surface area contributed by atoms with E-state index in [4.69, 9.17) is 0 Å². The van der Waals surface area contributed by atoms with Crippen LogP contribution in [0.3, 0.4) is 0 Å². The average Bonchev–Trinajstić information content (AvgIpc) is 2.75. The van der Waals surface area contributed by atoms with Crippen LogP contribution in [0.5, 0.6) is 0 Å². The van der Waals surface area contributed by atoms with Gasteiger partial charge in [-0.25, -0.2) is 8.78 Å². The molecule has 0 bridgehead atoms. The molecule has 2 aromatic carbocycles. The zero-order valence-electron chi connectivity index (χ0n) is 18.8. The van der Waals surface area contributed by atoms with E-state index >= 15 is 0 Å². The van der Waals surface area contributed by atoms with Gasteiger partial charge in [-0.05, 0) is 12.1 Å². The van der Waals surface area contributed by atoms with E-state index in [1.54, 1.807) is 45.9 Å². The average molecular weight is 476 g/mol. The summed E-state index contributed by atoms with van der Waals surface area (Å²) in [6, 6.07) is 9.23. The number of rotatable bonds is 11. The summed E-state index contributed by atoms with van der Waals surface area (Å²) in [6.45, 7) is 9.20. The Kier molecular flexibility index (Phi) is 10.6. The lowest BCUT2D eigenvalue weighted by Gasteiger charge is -2.10. The Hall–Kier alpha value is -1.93. The molecule has 32 heavy (non-hydrogen) atoms. The maximum atomic E-state index is 13.9. The topological polar surface area (TPSA) is 58.2 Å². The van der Waals surface area contributed by atoms with Crippen molar-refractivity contribution in [2.75, 3.05) is 24.6 Å². The van der Waals surface area contributed by atoms with E-state index in [1.807, 2.05) is 27.3 Å². The van der Waals surface area contributed by atoms with Crippen molar-refractivity contribution < 1.29 is 18.4 Å². The SMILES string of the molecule is CB(C)c1ccc(F)c(C(=O)NCCSSCCNC(=O)c2cc(B(C)C)ccc2F)c1. The fourth-order valence-electron chi connectivity index (χ4n) is 2.87. The molecule has 0 saturated heterocycles. The molecule has 10 heteroatoms. The number of carbonyl (C=O) groups excluding carboxylic acids is 2. The van der Waals surface area contributed by atoms with Crippen LogP contribution in [-0.4, -0.2) is 49.8 Å². The second-order valence-electron chi connectivity index (χ2n) is 7.94. The van der Waals surface area contributed by atoms with E-state index in [2.05, 4.69) is 10.6 Å². The minimum absolute atomic E-state index is 0.0605. The molecule has 0 atom stereocenters. The molecule has 2 rings (SSSR count). The summed E-state index contributed by atoms with van der Waals surface area (Å²) in [5.41, 5.74) is 1.95. The maximum Gasteiger partial charge on any atom is 0.254 e. The van der Waals surface area contributed by atoms with Crippen LogP contribution in [0.4, 0.5) is 8.78 Å². The Labute approximate surface area is 197 Å². The summed E-state index contributed by atoms with van der Waals surface area (Å²) in [7, 11) is 3.08. The Bertz CT molecular complexity index is 871. The smallest absolute Gasteiger partial charge is 0.254 e. The lowest BCUT2D eigenvalue weighted by molar-refractivity contribution is 0.0943. The van der Waals surface area contributed by atoms with Crippen molar-refractivity contribution in [1.82, 2.24) is 10.6 Å². The van der Waals surface area contributed by atoms with Gasteiger partial charge < -0.3 is 10.6 Å². The van der Waals surface area contributed by atoms with E-state index in [-0.39, 0.29) is 24.6 Å². The third kappa shape index (κ3) is 7.89. The highest BCUT2D eigenvalue weighted by molar-refractivity contribution is 8.76. The second-order valence-corrected chi connectivity index (χ2v) is 10.6. The molecule has 2 aromatic rings. The van der Waals surface area contributed by atoms with Crippen molar-refractivity contribution in [2.24, 2.45) is 0 Å². The van der Waals surface area contributed by atoms with Crippen LogP contribution in [0, 0.1) is 11.6 Å². The molecule has 4 nitrogen and oxygen atoms in total. The van der Waals surface area contributed by atoms with Crippen LogP contribution in [0.25, 0.3) is 0 Å². The Morgan fingerprint density at radius 1 is 0.750 bits per heavy atom. The standard InChI is InChI=1S/C22H28B2F2N2O2S2/c1-23(2)15-5-7-19(25)17(13-15)21(29)27-9-11-31-32-12-10-28-22(30)18-14-16(24(3)4)6-8-20(18)26/h5-8,13-14H,9-12H2,1-4H3,(H,27,29)(H,28,30). The molecule has 2 N–H and O–H groups in total. The third-order valence-electron chi connectivity index (χ3n) is 4.83. The van der Waals surface area contributed by atoms with Crippen molar-refractivity contribution in [3.8, 4) is 0 Å². The highest BCUT2D eigenvalue weighted by Crippen LogP contribution is 2.19. The van der Waals surface area contributed by atoms with Gasteiger partial charge in [-0.2, -0.15) is 0 Å². The minimum Gasteiger partial charge on any atom is -0.351 e. The molecule has 0 aliphatic carbocycles. The van der Waals surface area contributed by atoms with Gasteiger partial charge in [-0.15, -0.1) is 0 Å². The monoisotopic (exact) mass is 476 g/mol. The molecule has 0 saturated carbocycles. The number of carbonyl (C=O) groups is 2. The van der Waals surface area contributed by atoms with E-state index in [0.29, 0.717) is 24.6 Å². The molecule has 0 aliphatic rings. The number of hydrogen-bond donors (Lipinski definition) is 2. The lowest BCUT2D eigenvalue weighted by Crippen LogP contribution is -2.30. The van der Waals surface area contributed by atoms with Gasteiger partial charge >= 0.3 is 0 Å². The van der Waals surface area contributed by atoms with Gasteiger partial charge in [-0.3, -0.25) is 9.59 Å². The molecule has 2 amide bonds. The Morgan fingerprint density at radius 2 is 1.12 bits per heavy atom. The van der Waals surface area contributed by atoms with Gasteiger partial charge in [0.1, 0.15) is 11.6 Å². The summed E-state index contributed by atoms with van der Waals surface area (Å²) in [5.74, 6) is -0.621. The second kappa shape index (κ2) is 12.9. The highest BCUT2D eigenvalue weighted by Gasteiger charge is 2.15. The van der Waals surface area contributed by atoms with E-state index < -0.39 is 23.4 Å². The molecular formula is C22H28B2F2N2O2S2. The van der Waals surface area contributed by atoms with Crippen LogP contribution in [-0.2, 0) is 0 Å². The summed E-state index contributed by atoms with van der Waals surface area (Å²) in [4.78, 5) is 24.5. The van der Waals surface area contributed by atoms with Crippen molar-refractivity contribution in [2.45, 2.75) is 27.3 Å². The Morgan fingerprint density at radius 3 is 1.47 bits per heavy atom. The van der Waals surface area contributed by atoms with Crippen LogP contribution in [0.2, 0.25) is 27.3 Å². The van der Waals surface area contributed by atoms with E-state index in [1.165, 1.54) is 12.1 Å². The van der Waals surface area contributed by atoms with E-state index in [0.717, 1.165) is 10.9 Å². The summed E-state index contributed by atoms with van der Waals surface area (Å²) in [5, 5.41) is 5.47. The number of nitrogens with one attached hydrogen (secondary N) is 2. The fraction of sp³-hybridized carbons (Fsp3) is 0.364. The predicted molar refractivity (Wildman–Crippen MR) is 137 cm³/mol. The first-order chi connectivity index (χ1) is 15.2. The summed E-state index contributed by atoms with van der Waals surface area (Å²) < 4.78 is 27.9. The van der Waals surface area contributed by atoms with Crippen molar-refractivity contribution >= 4 is 57.8 Å². The fourth-order valence-corrected chi connectivity index (χ4v) is 4.69. The van der Waals surface area contributed by atoms with Gasteiger partial charge in [-0.1, -0.05) is 84.1 Å². The van der Waals surface area contributed by atoms with Gasteiger partial charge in [0.15, 0.2) is 13.4 Å². The first-order valence-electron chi connectivity index (χ1n) is 10.6. The molecule has 0 aliphatic heterocycles. The van der Waals surface area contributed by atoms with Gasteiger partial charge in [0.05, 0.1) is 11.1 Å². The lowest BCUT2D eigenvalue weighted by atomic mass is 9.49. The van der Waals surface area contributed by atoms with Crippen LogP contribution in [0.1, 0.15) is 20.7 Å². The zero-order valence-corrected chi connectivity index (χ0v) is 20.5. The van der Waals surface area contributed by atoms with Crippen LogP contribution >= 0.6 is 21.6 Å². The highest BCUT2D eigenvalue weighted by atomic mass is 33.1. The summed E-state index contributed by atoms with van der Waals surface area (Å²) in [6.07, 6.45) is 0. The van der Waals surface area contributed by atoms with Gasteiger partial charge in [0, 0.05) is 24.6 Å². The molecule has 0 fully saturated rings. The molecule has 0 radical (unpaired) electrons. The van der Waals surface area contributed by atoms with Crippen LogP contribution in [0.15, 0.2) is 36.4 Å². The third-order valence-corrected chi connectivity index (χ3v) is 7.24. The quantitative estimate of drug-likeness (QED) is 0.297. The minimum atomic E-state index is -0.528.